The van der Waals surface area contributed by atoms with Crippen LogP contribution in [-0.2, 0) is 5.41 Å². The second-order valence-electron chi connectivity index (χ2n) is 5.15. The monoisotopic (exact) mass is 295 g/mol. The molecule has 106 valence electrons. The van der Waals surface area contributed by atoms with E-state index in [2.05, 4.69) is 5.32 Å². The molecule has 0 aliphatic carbocycles. The molecule has 0 aliphatic heterocycles. The van der Waals surface area contributed by atoms with E-state index in [1.807, 2.05) is 31.4 Å². The van der Waals surface area contributed by atoms with Gasteiger partial charge in [-0.1, -0.05) is 26.0 Å². The molecule has 0 radical (unpaired) electrons. The first-order valence-electron chi connectivity index (χ1n) is 6.18. The molecule has 0 aliphatic rings. The van der Waals surface area contributed by atoms with Crippen molar-refractivity contribution in [2.75, 3.05) is 6.54 Å². The highest BCUT2D eigenvalue weighted by atomic mass is 32.1. The fraction of sp³-hybridized carbons (Fsp3) is 0.267. The summed E-state index contributed by atoms with van der Waals surface area (Å²) in [6, 6.07) is 7.50. The van der Waals surface area contributed by atoms with Crippen molar-refractivity contribution in [1.29, 1.82) is 0 Å². The highest BCUT2D eigenvalue weighted by Gasteiger charge is 2.23. The Kier molecular flexibility index (Phi) is 4.18. The Labute approximate surface area is 120 Å². The Balaban J connectivity index is 2.08. The molecule has 5 heteroatoms. The third-order valence-electron chi connectivity index (χ3n) is 3.08. The minimum absolute atomic E-state index is 0.256. The summed E-state index contributed by atoms with van der Waals surface area (Å²) in [4.78, 5) is 13.0. The van der Waals surface area contributed by atoms with Crippen molar-refractivity contribution in [3.05, 3.63) is 57.8 Å². The third kappa shape index (κ3) is 3.04. The van der Waals surface area contributed by atoms with Crippen molar-refractivity contribution in [2.24, 2.45) is 0 Å². The van der Waals surface area contributed by atoms with Crippen molar-refractivity contribution in [3.8, 4) is 0 Å². The van der Waals surface area contributed by atoms with E-state index in [1.54, 1.807) is 11.3 Å². The third-order valence-corrected chi connectivity index (χ3v) is 4.31. The lowest BCUT2D eigenvalue weighted by Gasteiger charge is -2.23. The first kappa shape index (κ1) is 14.7. The van der Waals surface area contributed by atoms with Crippen molar-refractivity contribution in [1.82, 2.24) is 5.32 Å². The quantitative estimate of drug-likeness (QED) is 0.915. The van der Waals surface area contributed by atoms with Gasteiger partial charge >= 0.3 is 0 Å². The summed E-state index contributed by atoms with van der Waals surface area (Å²) >= 11 is 1.60. The van der Waals surface area contributed by atoms with E-state index < -0.39 is 17.5 Å². The van der Waals surface area contributed by atoms with Gasteiger partial charge in [-0.2, -0.15) is 0 Å². The van der Waals surface area contributed by atoms with Gasteiger partial charge in [0.05, 0.1) is 5.56 Å². The van der Waals surface area contributed by atoms with E-state index in [0.29, 0.717) is 6.54 Å². The van der Waals surface area contributed by atoms with Crippen LogP contribution in [0.5, 0.6) is 0 Å². The van der Waals surface area contributed by atoms with Crippen LogP contribution in [0.3, 0.4) is 0 Å². The maximum atomic E-state index is 13.5. The molecule has 0 spiro atoms. The molecule has 1 amide bonds. The van der Waals surface area contributed by atoms with E-state index in [1.165, 1.54) is 12.1 Å². The van der Waals surface area contributed by atoms with Gasteiger partial charge in [0.15, 0.2) is 11.6 Å². The van der Waals surface area contributed by atoms with Crippen LogP contribution in [0.25, 0.3) is 0 Å². The average Bonchev–Trinajstić information content (AvgIpc) is 2.94. The molecule has 0 atom stereocenters. The number of hydrogen-bond donors (Lipinski definition) is 1. The summed E-state index contributed by atoms with van der Waals surface area (Å²) in [7, 11) is 0. The fourth-order valence-electron chi connectivity index (χ4n) is 1.83. The lowest BCUT2D eigenvalue weighted by molar-refractivity contribution is 0.0941. The lowest BCUT2D eigenvalue weighted by Crippen LogP contribution is -2.36. The summed E-state index contributed by atoms with van der Waals surface area (Å²) in [5, 5.41) is 4.62. The zero-order valence-electron chi connectivity index (χ0n) is 11.2. The summed E-state index contributed by atoms with van der Waals surface area (Å²) in [5.41, 5.74) is -0.528. The number of benzene rings is 1. The molecule has 20 heavy (non-hydrogen) atoms. The molecule has 2 aromatic rings. The largest absolute Gasteiger partial charge is 0.351 e. The number of thiophene rings is 1. The predicted molar refractivity (Wildman–Crippen MR) is 76.0 cm³/mol. The Hall–Kier alpha value is -1.75. The summed E-state index contributed by atoms with van der Waals surface area (Å²) in [6.07, 6.45) is 0. The molecule has 1 heterocycles. The van der Waals surface area contributed by atoms with Gasteiger partial charge < -0.3 is 5.32 Å². The van der Waals surface area contributed by atoms with Crippen LogP contribution in [0.15, 0.2) is 35.7 Å². The Morgan fingerprint density at radius 2 is 2.00 bits per heavy atom. The highest BCUT2D eigenvalue weighted by Crippen LogP contribution is 2.26. The minimum Gasteiger partial charge on any atom is -0.351 e. The standard InChI is InChI=1S/C15H15F2NOS/c1-15(2,12-7-4-8-20-12)9-18-14(19)10-5-3-6-11(16)13(10)17/h3-8H,9H2,1-2H3,(H,18,19). The van der Waals surface area contributed by atoms with Gasteiger partial charge in [-0.15, -0.1) is 11.3 Å². The molecular formula is C15H15F2NOS. The fourth-order valence-corrected chi connectivity index (χ4v) is 2.68. The number of carbonyl (C=O) groups excluding carboxylic acids is 1. The second kappa shape index (κ2) is 5.71. The average molecular weight is 295 g/mol. The smallest absolute Gasteiger partial charge is 0.254 e. The Morgan fingerprint density at radius 1 is 1.25 bits per heavy atom. The van der Waals surface area contributed by atoms with E-state index in [9.17, 15) is 13.6 Å². The summed E-state index contributed by atoms with van der Waals surface area (Å²) < 4.78 is 26.6. The van der Waals surface area contributed by atoms with Gasteiger partial charge in [-0.05, 0) is 23.6 Å². The molecule has 0 fully saturated rings. The molecular weight excluding hydrogens is 280 g/mol. The van der Waals surface area contributed by atoms with Crippen molar-refractivity contribution in [2.45, 2.75) is 19.3 Å². The van der Waals surface area contributed by atoms with E-state index in [0.717, 1.165) is 10.9 Å². The molecule has 2 nitrogen and oxygen atoms in total. The van der Waals surface area contributed by atoms with E-state index in [-0.39, 0.29) is 11.0 Å². The van der Waals surface area contributed by atoms with Gasteiger partial charge in [0.25, 0.3) is 5.91 Å². The lowest BCUT2D eigenvalue weighted by atomic mass is 9.91. The van der Waals surface area contributed by atoms with Crippen LogP contribution in [0.2, 0.25) is 0 Å². The van der Waals surface area contributed by atoms with Gasteiger partial charge in [0, 0.05) is 16.8 Å². The molecule has 1 aromatic heterocycles. The van der Waals surface area contributed by atoms with Crippen molar-refractivity contribution in [3.63, 3.8) is 0 Å². The zero-order valence-corrected chi connectivity index (χ0v) is 12.1. The first-order valence-corrected chi connectivity index (χ1v) is 7.06. The predicted octanol–water partition coefficient (Wildman–Crippen LogP) is 3.73. The molecule has 0 bridgehead atoms. The summed E-state index contributed by atoms with van der Waals surface area (Å²) in [5.74, 6) is -2.74. The number of halogens is 2. The van der Waals surface area contributed by atoms with Crippen molar-refractivity contribution >= 4 is 17.2 Å². The molecule has 1 N–H and O–H groups in total. The molecule has 2 rings (SSSR count). The SMILES string of the molecule is CC(C)(CNC(=O)c1cccc(F)c1F)c1cccs1. The molecule has 0 saturated heterocycles. The highest BCUT2D eigenvalue weighted by molar-refractivity contribution is 7.10. The van der Waals surface area contributed by atoms with Gasteiger partial charge in [0.2, 0.25) is 0 Å². The van der Waals surface area contributed by atoms with Crippen molar-refractivity contribution < 1.29 is 13.6 Å². The maximum Gasteiger partial charge on any atom is 0.254 e. The van der Waals surface area contributed by atoms with Crippen LogP contribution in [-0.4, -0.2) is 12.5 Å². The second-order valence-corrected chi connectivity index (χ2v) is 6.09. The maximum absolute atomic E-state index is 13.5. The van der Waals surface area contributed by atoms with Gasteiger partial charge in [-0.3, -0.25) is 4.79 Å². The zero-order chi connectivity index (χ0) is 14.8. The van der Waals surface area contributed by atoms with Crippen LogP contribution in [0.4, 0.5) is 8.78 Å². The van der Waals surface area contributed by atoms with E-state index >= 15 is 0 Å². The van der Waals surface area contributed by atoms with Crippen LogP contribution < -0.4 is 5.32 Å². The summed E-state index contributed by atoms with van der Waals surface area (Å²) in [6.45, 7) is 4.32. The molecule has 0 unspecified atom stereocenters. The Bertz CT molecular complexity index is 608. The van der Waals surface area contributed by atoms with Crippen LogP contribution >= 0.6 is 11.3 Å². The number of rotatable bonds is 4. The van der Waals surface area contributed by atoms with E-state index in [4.69, 9.17) is 0 Å². The topological polar surface area (TPSA) is 29.1 Å². The minimum atomic E-state index is -1.11. The van der Waals surface area contributed by atoms with Gasteiger partial charge in [0.1, 0.15) is 0 Å². The molecule has 1 aromatic carbocycles. The van der Waals surface area contributed by atoms with Crippen LogP contribution in [0.1, 0.15) is 29.1 Å². The normalized spacial score (nSPS) is 11.4. The number of amides is 1. The van der Waals surface area contributed by atoms with Gasteiger partial charge in [-0.25, -0.2) is 8.78 Å². The molecule has 0 saturated carbocycles. The number of hydrogen-bond acceptors (Lipinski definition) is 2. The Morgan fingerprint density at radius 3 is 2.65 bits per heavy atom. The van der Waals surface area contributed by atoms with Crippen LogP contribution in [0, 0.1) is 11.6 Å². The number of carbonyl (C=O) groups is 1. The first-order chi connectivity index (χ1) is 9.42. The number of nitrogens with one attached hydrogen (secondary N) is 1.